The van der Waals surface area contributed by atoms with Crippen molar-refractivity contribution in [3.05, 3.63) is 0 Å². The van der Waals surface area contributed by atoms with Crippen molar-refractivity contribution in [1.29, 1.82) is 0 Å². The normalized spacial score (nSPS) is 29.7. The van der Waals surface area contributed by atoms with Crippen molar-refractivity contribution >= 4 is 0 Å². The van der Waals surface area contributed by atoms with Gasteiger partial charge < -0.3 is 10.4 Å². The van der Waals surface area contributed by atoms with Crippen molar-refractivity contribution in [3.8, 4) is 0 Å². The third-order valence-corrected chi connectivity index (χ3v) is 1.56. The predicted molar refractivity (Wildman–Crippen MR) is 35.4 cm³/mol. The average molecular weight is 129 g/mol. The summed E-state index contributed by atoms with van der Waals surface area (Å²) in [6.45, 7) is 2.97. The maximum Gasteiger partial charge on any atom is 0.0585 e. The predicted octanol–water partition coefficient (Wildman–Crippen LogP) is -1.05. The molecule has 0 aromatic rings. The van der Waals surface area contributed by atoms with Crippen LogP contribution in [-0.4, -0.2) is 37.4 Å². The molecule has 1 aliphatic rings. The van der Waals surface area contributed by atoms with Gasteiger partial charge in [0.1, 0.15) is 0 Å². The summed E-state index contributed by atoms with van der Waals surface area (Å²) in [5.41, 5.74) is 0. The van der Waals surface area contributed by atoms with Gasteiger partial charge >= 0.3 is 0 Å². The lowest BCUT2D eigenvalue weighted by Crippen LogP contribution is -2.32. The lowest BCUT2D eigenvalue weighted by Gasteiger charge is -2.09. The van der Waals surface area contributed by atoms with Crippen molar-refractivity contribution < 1.29 is 5.11 Å². The lowest BCUT2D eigenvalue weighted by atomic mass is 10.2. The molecular formula is C6H13N2O. The van der Waals surface area contributed by atoms with Crippen LogP contribution in [0.2, 0.25) is 0 Å². The van der Waals surface area contributed by atoms with E-state index in [0.717, 1.165) is 26.1 Å². The Morgan fingerprint density at radius 1 is 1.56 bits per heavy atom. The third-order valence-electron chi connectivity index (χ3n) is 1.56. The number of hydrogen-bond acceptors (Lipinski definition) is 2. The quantitative estimate of drug-likeness (QED) is 0.474. The second kappa shape index (κ2) is 3.82. The molecule has 0 saturated carbocycles. The summed E-state index contributed by atoms with van der Waals surface area (Å²) in [5.74, 6) is 0. The zero-order valence-electron chi connectivity index (χ0n) is 5.51. The molecule has 1 rings (SSSR count). The summed E-state index contributed by atoms with van der Waals surface area (Å²) in [6.07, 6.45) is 0.983. The van der Waals surface area contributed by atoms with Gasteiger partial charge in [0.05, 0.1) is 6.61 Å². The van der Waals surface area contributed by atoms with E-state index in [9.17, 15) is 0 Å². The fraction of sp³-hybridized carbons (Fsp3) is 1.00. The summed E-state index contributed by atoms with van der Waals surface area (Å²) in [4.78, 5) is 0. The van der Waals surface area contributed by atoms with E-state index in [1.54, 1.807) is 0 Å². The molecule has 0 aromatic carbocycles. The molecular weight excluding hydrogens is 116 g/mol. The molecule has 3 heteroatoms. The summed E-state index contributed by atoms with van der Waals surface area (Å²) in [7, 11) is 0. The van der Waals surface area contributed by atoms with Gasteiger partial charge in [0.25, 0.3) is 0 Å². The standard InChI is InChI=1S/C6H13N2O/c9-5-6-1-2-7-3-4-8-6/h6,8-9H,1-5H2. The minimum Gasteiger partial charge on any atom is -0.395 e. The Bertz CT molecular complexity index is 69.5. The molecule has 1 aliphatic heterocycles. The summed E-state index contributed by atoms with van der Waals surface area (Å²) in [6, 6.07) is 0.288. The second-order valence-electron chi connectivity index (χ2n) is 2.29. The summed E-state index contributed by atoms with van der Waals surface area (Å²) >= 11 is 0. The molecule has 1 fully saturated rings. The number of nitrogens with one attached hydrogen (secondary N) is 1. The zero-order valence-corrected chi connectivity index (χ0v) is 5.51. The molecule has 9 heavy (non-hydrogen) atoms. The summed E-state index contributed by atoms with van der Waals surface area (Å²) < 4.78 is 0. The Morgan fingerprint density at radius 2 is 2.44 bits per heavy atom. The molecule has 3 nitrogen and oxygen atoms in total. The van der Waals surface area contributed by atoms with Gasteiger partial charge in [-0.1, -0.05) is 0 Å². The molecule has 0 spiro atoms. The van der Waals surface area contributed by atoms with Gasteiger partial charge in [-0.05, 0) is 6.42 Å². The first-order valence-corrected chi connectivity index (χ1v) is 3.41. The Kier molecular flexibility index (Phi) is 2.97. The average Bonchev–Trinajstić information content (AvgIpc) is 2.13. The molecule has 2 N–H and O–H groups in total. The SMILES string of the molecule is OCC1CC[N]CCN1. The maximum absolute atomic E-state index is 8.71. The Balaban J connectivity index is 2.18. The highest BCUT2D eigenvalue weighted by Crippen LogP contribution is 1.91. The number of nitrogens with zero attached hydrogens (tertiary/aromatic N) is 1. The fourth-order valence-corrected chi connectivity index (χ4v) is 0.965. The first-order chi connectivity index (χ1) is 4.43. The van der Waals surface area contributed by atoms with Crippen LogP contribution >= 0.6 is 0 Å². The Hall–Kier alpha value is -0.120. The van der Waals surface area contributed by atoms with Crippen LogP contribution in [0.3, 0.4) is 0 Å². The van der Waals surface area contributed by atoms with Crippen molar-refractivity contribution in [2.24, 2.45) is 0 Å². The molecule has 1 unspecified atom stereocenters. The van der Waals surface area contributed by atoms with Crippen molar-refractivity contribution in [1.82, 2.24) is 10.6 Å². The highest BCUT2D eigenvalue weighted by molar-refractivity contribution is 4.70. The zero-order chi connectivity index (χ0) is 6.53. The molecule has 1 atom stereocenters. The van der Waals surface area contributed by atoms with E-state index in [2.05, 4.69) is 10.6 Å². The molecule has 0 bridgehead atoms. The van der Waals surface area contributed by atoms with Gasteiger partial charge in [-0.15, -0.1) is 0 Å². The van der Waals surface area contributed by atoms with Crippen LogP contribution in [0.1, 0.15) is 6.42 Å². The van der Waals surface area contributed by atoms with Gasteiger partial charge in [0.15, 0.2) is 0 Å². The first-order valence-electron chi connectivity index (χ1n) is 3.41. The number of hydrogen-bond donors (Lipinski definition) is 2. The van der Waals surface area contributed by atoms with Crippen molar-refractivity contribution in [2.45, 2.75) is 12.5 Å². The van der Waals surface area contributed by atoms with Crippen LogP contribution in [0.5, 0.6) is 0 Å². The van der Waals surface area contributed by atoms with Crippen LogP contribution in [0.4, 0.5) is 0 Å². The van der Waals surface area contributed by atoms with E-state index in [1.165, 1.54) is 0 Å². The van der Waals surface area contributed by atoms with E-state index >= 15 is 0 Å². The van der Waals surface area contributed by atoms with E-state index < -0.39 is 0 Å². The third kappa shape index (κ3) is 2.30. The molecule has 1 radical (unpaired) electrons. The fourth-order valence-electron chi connectivity index (χ4n) is 0.965. The van der Waals surface area contributed by atoms with Crippen molar-refractivity contribution in [3.63, 3.8) is 0 Å². The Morgan fingerprint density at radius 3 is 3.22 bits per heavy atom. The van der Waals surface area contributed by atoms with Gasteiger partial charge in [-0.2, -0.15) is 0 Å². The van der Waals surface area contributed by atoms with E-state index in [1.807, 2.05) is 0 Å². The molecule has 1 saturated heterocycles. The number of aliphatic hydroxyl groups excluding tert-OH is 1. The molecule has 1 heterocycles. The van der Waals surface area contributed by atoms with Crippen LogP contribution < -0.4 is 10.6 Å². The molecule has 0 aliphatic carbocycles. The largest absolute Gasteiger partial charge is 0.395 e. The minimum absolute atomic E-state index is 0.246. The minimum atomic E-state index is 0.246. The smallest absolute Gasteiger partial charge is 0.0585 e. The van der Waals surface area contributed by atoms with E-state index in [4.69, 9.17) is 5.11 Å². The summed E-state index contributed by atoms with van der Waals surface area (Å²) in [5, 5.41) is 16.1. The van der Waals surface area contributed by atoms with Gasteiger partial charge in [0.2, 0.25) is 0 Å². The number of aliphatic hydroxyl groups is 1. The monoisotopic (exact) mass is 129 g/mol. The highest BCUT2D eigenvalue weighted by Gasteiger charge is 2.08. The van der Waals surface area contributed by atoms with Crippen LogP contribution in [0, 0.1) is 0 Å². The van der Waals surface area contributed by atoms with E-state index in [0.29, 0.717) is 0 Å². The van der Waals surface area contributed by atoms with Crippen molar-refractivity contribution in [2.75, 3.05) is 26.2 Å². The first kappa shape index (κ1) is 6.99. The van der Waals surface area contributed by atoms with Crippen LogP contribution in [0.15, 0.2) is 0 Å². The number of rotatable bonds is 1. The maximum atomic E-state index is 8.71. The van der Waals surface area contributed by atoms with Gasteiger partial charge in [0, 0.05) is 25.7 Å². The van der Waals surface area contributed by atoms with Gasteiger partial charge in [-0.3, -0.25) is 0 Å². The topological polar surface area (TPSA) is 46.4 Å². The van der Waals surface area contributed by atoms with Gasteiger partial charge in [-0.25, -0.2) is 5.32 Å². The van der Waals surface area contributed by atoms with Crippen LogP contribution in [0.25, 0.3) is 0 Å². The van der Waals surface area contributed by atoms with E-state index in [-0.39, 0.29) is 12.6 Å². The second-order valence-corrected chi connectivity index (χ2v) is 2.29. The lowest BCUT2D eigenvalue weighted by molar-refractivity contribution is 0.242. The molecule has 53 valence electrons. The Labute approximate surface area is 55.5 Å². The van der Waals surface area contributed by atoms with Crippen LogP contribution in [-0.2, 0) is 0 Å². The molecule has 0 amide bonds. The molecule has 0 aromatic heterocycles. The highest BCUT2D eigenvalue weighted by atomic mass is 16.3.